The van der Waals surface area contributed by atoms with Gasteiger partial charge in [-0.1, -0.05) is 20.3 Å². The third kappa shape index (κ3) is 4.20. The van der Waals surface area contributed by atoms with Crippen LogP contribution in [0.15, 0.2) is 12.1 Å². The molecule has 0 amide bonds. The van der Waals surface area contributed by atoms with Crippen LogP contribution in [0, 0.1) is 16.0 Å². The molecule has 1 unspecified atom stereocenters. The van der Waals surface area contributed by atoms with Crippen molar-refractivity contribution in [2.75, 3.05) is 19.0 Å². The molecule has 6 nitrogen and oxygen atoms in total. The molecule has 1 rings (SSSR count). The molecule has 1 aromatic rings. The minimum absolute atomic E-state index is 0.0208. The number of hydrogen-bond acceptors (Lipinski definition) is 5. The lowest BCUT2D eigenvalue weighted by Crippen LogP contribution is -2.09. The lowest BCUT2D eigenvalue weighted by molar-refractivity contribution is -0.384. The molecule has 0 radical (unpaired) electrons. The van der Waals surface area contributed by atoms with E-state index in [9.17, 15) is 10.1 Å². The Labute approximate surface area is 107 Å². The van der Waals surface area contributed by atoms with E-state index in [0.29, 0.717) is 18.3 Å². The summed E-state index contributed by atoms with van der Waals surface area (Å²) in [7, 11) is 1.66. The van der Waals surface area contributed by atoms with Gasteiger partial charge >= 0.3 is 0 Å². The molecule has 0 aromatic carbocycles. The van der Waals surface area contributed by atoms with Crippen LogP contribution < -0.4 is 10.1 Å². The summed E-state index contributed by atoms with van der Waals surface area (Å²) in [5.74, 6) is 1.13. The first kappa shape index (κ1) is 14.2. The number of ether oxygens (including phenoxy) is 1. The van der Waals surface area contributed by atoms with Crippen molar-refractivity contribution in [2.45, 2.75) is 26.7 Å². The Morgan fingerprint density at radius 1 is 1.56 bits per heavy atom. The maximum Gasteiger partial charge on any atom is 0.278 e. The van der Waals surface area contributed by atoms with Crippen molar-refractivity contribution in [3.63, 3.8) is 0 Å². The quantitative estimate of drug-likeness (QED) is 0.597. The molecule has 1 heterocycles. The van der Waals surface area contributed by atoms with E-state index >= 15 is 0 Å². The molecule has 0 aliphatic rings. The van der Waals surface area contributed by atoms with Crippen LogP contribution in [0.3, 0.4) is 0 Å². The van der Waals surface area contributed by atoms with Gasteiger partial charge in [0, 0.05) is 7.05 Å². The lowest BCUT2D eigenvalue weighted by atomic mass is 10.1. The summed E-state index contributed by atoms with van der Waals surface area (Å²) < 4.78 is 5.50. The minimum Gasteiger partial charge on any atom is -0.477 e. The van der Waals surface area contributed by atoms with Gasteiger partial charge in [0.05, 0.1) is 23.7 Å². The Hall–Kier alpha value is -1.85. The van der Waals surface area contributed by atoms with Crippen molar-refractivity contribution < 1.29 is 9.66 Å². The summed E-state index contributed by atoms with van der Waals surface area (Å²) in [4.78, 5) is 14.4. The second kappa shape index (κ2) is 6.78. The summed E-state index contributed by atoms with van der Waals surface area (Å²) in [6.45, 7) is 4.71. The largest absolute Gasteiger partial charge is 0.477 e. The van der Waals surface area contributed by atoms with Gasteiger partial charge in [-0.3, -0.25) is 10.1 Å². The summed E-state index contributed by atoms with van der Waals surface area (Å²) in [5.41, 5.74) is -0.0208. The van der Waals surface area contributed by atoms with Crippen molar-refractivity contribution in [1.29, 1.82) is 0 Å². The molecular weight excluding hydrogens is 234 g/mol. The first-order valence-corrected chi connectivity index (χ1v) is 6.03. The fourth-order valence-corrected chi connectivity index (χ4v) is 1.60. The maximum atomic E-state index is 10.8. The van der Waals surface area contributed by atoms with Crippen LogP contribution in [0.5, 0.6) is 5.88 Å². The van der Waals surface area contributed by atoms with Crippen molar-refractivity contribution in [2.24, 2.45) is 5.92 Å². The zero-order valence-corrected chi connectivity index (χ0v) is 11.0. The summed E-state index contributed by atoms with van der Waals surface area (Å²) in [5, 5.41) is 13.5. The van der Waals surface area contributed by atoms with E-state index in [1.165, 1.54) is 12.1 Å². The number of rotatable bonds is 7. The summed E-state index contributed by atoms with van der Waals surface area (Å²) >= 11 is 0. The van der Waals surface area contributed by atoms with Crippen LogP contribution in [0.4, 0.5) is 11.5 Å². The SMILES string of the molecule is CCCC(C)COc1cc([N+](=O)[O-])cc(NC)n1. The molecule has 0 spiro atoms. The highest BCUT2D eigenvalue weighted by molar-refractivity contribution is 5.47. The van der Waals surface area contributed by atoms with E-state index < -0.39 is 4.92 Å². The van der Waals surface area contributed by atoms with Crippen molar-refractivity contribution >= 4 is 11.5 Å². The first-order chi connectivity index (χ1) is 8.56. The molecule has 0 bridgehead atoms. The highest BCUT2D eigenvalue weighted by Crippen LogP contribution is 2.22. The zero-order valence-electron chi connectivity index (χ0n) is 11.0. The van der Waals surface area contributed by atoms with Gasteiger partial charge in [-0.05, 0) is 12.3 Å². The van der Waals surface area contributed by atoms with Gasteiger partial charge in [-0.2, -0.15) is 4.98 Å². The Bertz CT molecular complexity index is 410. The molecule has 18 heavy (non-hydrogen) atoms. The number of aromatic nitrogens is 1. The predicted molar refractivity (Wildman–Crippen MR) is 70.0 cm³/mol. The molecule has 1 atom stereocenters. The molecule has 0 saturated carbocycles. The fraction of sp³-hybridized carbons (Fsp3) is 0.583. The molecular formula is C12H19N3O3. The highest BCUT2D eigenvalue weighted by atomic mass is 16.6. The van der Waals surface area contributed by atoms with E-state index in [-0.39, 0.29) is 11.6 Å². The summed E-state index contributed by atoms with van der Waals surface area (Å²) in [6.07, 6.45) is 2.16. The van der Waals surface area contributed by atoms with Gasteiger partial charge in [0.25, 0.3) is 5.69 Å². The fourth-order valence-electron chi connectivity index (χ4n) is 1.60. The highest BCUT2D eigenvalue weighted by Gasteiger charge is 2.12. The topological polar surface area (TPSA) is 77.3 Å². The van der Waals surface area contributed by atoms with Crippen LogP contribution in [-0.4, -0.2) is 23.6 Å². The number of nitrogens with one attached hydrogen (secondary N) is 1. The van der Waals surface area contributed by atoms with Crippen LogP contribution in [0.1, 0.15) is 26.7 Å². The third-order valence-corrected chi connectivity index (χ3v) is 2.55. The van der Waals surface area contributed by atoms with Gasteiger partial charge in [-0.25, -0.2) is 0 Å². The number of anilines is 1. The van der Waals surface area contributed by atoms with Gasteiger partial charge in [0.1, 0.15) is 5.82 Å². The minimum atomic E-state index is -0.454. The molecule has 100 valence electrons. The molecule has 0 saturated heterocycles. The number of pyridine rings is 1. The second-order valence-corrected chi connectivity index (χ2v) is 4.26. The van der Waals surface area contributed by atoms with Crippen molar-refractivity contribution in [3.05, 3.63) is 22.2 Å². The van der Waals surface area contributed by atoms with E-state index in [1.54, 1.807) is 7.05 Å². The smallest absolute Gasteiger partial charge is 0.278 e. The maximum absolute atomic E-state index is 10.8. The van der Waals surface area contributed by atoms with Crippen LogP contribution in [0.2, 0.25) is 0 Å². The van der Waals surface area contributed by atoms with Crippen molar-refractivity contribution in [3.8, 4) is 5.88 Å². The molecule has 0 aliphatic carbocycles. The number of hydrogen-bond donors (Lipinski definition) is 1. The predicted octanol–water partition coefficient (Wildman–Crippen LogP) is 2.85. The first-order valence-electron chi connectivity index (χ1n) is 6.03. The van der Waals surface area contributed by atoms with Gasteiger partial charge in [-0.15, -0.1) is 0 Å². The van der Waals surface area contributed by atoms with E-state index in [0.717, 1.165) is 12.8 Å². The lowest BCUT2D eigenvalue weighted by Gasteiger charge is -2.11. The van der Waals surface area contributed by atoms with Gasteiger partial charge in [0.15, 0.2) is 0 Å². The Morgan fingerprint density at radius 3 is 2.83 bits per heavy atom. The van der Waals surface area contributed by atoms with Gasteiger partial charge < -0.3 is 10.1 Å². The standard InChI is InChI=1S/C12H19N3O3/c1-4-5-9(2)8-18-12-7-10(15(16)17)6-11(13-3)14-12/h6-7,9H,4-5,8H2,1-3H3,(H,13,14). The van der Waals surface area contributed by atoms with Crippen molar-refractivity contribution in [1.82, 2.24) is 4.98 Å². The third-order valence-electron chi connectivity index (χ3n) is 2.55. The Morgan fingerprint density at radius 2 is 2.28 bits per heavy atom. The second-order valence-electron chi connectivity index (χ2n) is 4.26. The number of nitro groups is 1. The van der Waals surface area contributed by atoms with E-state index in [4.69, 9.17) is 4.74 Å². The Kier molecular flexibility index (Phi) is 5.35. The molecule has 0 aliphatic heterocycles. The van der Waals surface area contributed by atoms with E-state index in [1.807, 2.05) is 0 Å². The normalized spacial score (nSPS) is 11.9. The molecule has 1 aromatic heterocycles. The van der Waals surface area contributed by atoms with Crippen LogP contribution in [-0.2, 0) is 0 Å². The number of nitrogens with zero attached hydrogens (tertiary/aromatic N) is 2. The molecule has 0 fully saturated rings. The average molecular weight is 253 g/mol. The average Bonchev–Trinajstić information content (AvgIpc) is 2.36. The van der Waals surface area contributed by atoms with Crippen LogP contribution in [0.25, 0.3) is 0 Å². The summed E-state index contributed by atoms with van der Waals surface area (Å²) in [6, 6.07) is 2.72. The molecule has 1 N–H and O–H groups in total. The Balaban J connectivity index is 2.75. The van der Waals surface area contributed by atoms with E-state index in [2.05, 4.69) is 24.1 Å². The van der Waals surface area contributed by atoms with Gasteiger partial charge in [0.2, 0.25) is 5.88 Å². The molecule has 6 heteroatoms. The zero-order chi connectivity index (χ0) is 13.5. The van der Waals surface area contributed by atoms with Crippen LogP contribution >= 0.6 is 0 Å². The monoisotopic (exact) mass is 253 g/mol.